The highest BCUT2D eigenvalue weighted by atomic mass is 16.4. The quantitative estimate of drug-likeness (QED) is 0.115. The minimum atomic E-state index is -0.990. The van der Waals surface area contributed by atoms with E-state index >= 15 is 0 Å². The van der Waals surface area contributed by atoms with Gasteiger partial charge < -0.3 is 10.2 Å². The zero-order valence-electron chi connectivity index (χ0n) is 28.4. The second-order valence-electron chi connectivity index (χ2n) is 12.8. The Hall–Kier alpha value is -3.50. The minimum absolute atomic E-state index is 0.201. The maximum atomic E-state index is 12.0. The third-order valence-electron chi connectivity index (χ3n) is 8.70. The molecule has 0 radical (unpaired) electrons. The molecule has 0 fully saturated rings. The van der Waals surface area contributed by atoms with Crippen molar-refractivity contribution < 1.29 is 19.8 Å². The molecule has 0 bridgehead atoms. The van der Waals surface area contributed by atoms with Gasteiger partial charge in [0.25, 0.3) is 0 Å². The lowest BCUT2D eigenvalue weighted by atomic mass is 9.76. The normalized spacial score (nSPS) is 10.9. The Morgan fingerprint density at radius 1 is 0.556 bits per heavy atom. The first kappa shape index (κ1) is 37.7. The van der Waals surface area contributed by atoms with Crippen molar-refractivity contribution in [3.8, 4) is 23.7 Å². The van der Waals surface area contributed by atoms with Crippen LogP contribution in [0.2, 0.25) is 0 Å². The number of hydrogen-bond donors (Lipinski definition) is 2. The zero-order valence-corrected chi connectivity index (χ0v) is 28.4. The molecule has 0 saturated heterocycles. The summed E-state index contributed by atoms with van der Waals surface area (Å²) in [6, 6.07) is 10.7. The Kier molecular flexibility index (Phi) is 17.8. The Morgan fingerprint density at radius 2 is 0.889 bits per heavy atom. The number of benzene rings is 2. The molecule has 0 aliphatic heterocycles. The zero-order chi connectivity index (χ0) is 32.9. The van der Waals surface area contributed by atoms with Gasteiger partial charge in [-0.05, 0) is 48.2 Å². The van der Waals surface area contributed by atoms with Crippen LogP contribution in [0.5, 0.6) is 0 Å². The van der Waals surface area contributed by atoms with Gasteiger partial charge in [-0.1, -0.05) is 153 Å². The molecule has 0 aliphatic rings. The molecule has 4 heteroatoms. The monoisotopic (exact) mass is 612 g/mol. The van der Waals surface area contributed by atoms with E-state index in [4.69, 9.17) is 0 Å². The van der Waals surface area contributed by atoms with Gasteiger partial charge in [0.05, 0.1) is 11.1 Å². The van der Waals surface area contributed by atoms with Gasteiger partial charge in [-0.25, -0.2) is 9.59 Å². The highest BCUT2D eigenvalue weighted by Gasteiger charge is 2.26. The van der Waals surface area contributed by atoms with Crippen molar-refractivity contribution in [2.75, 3.05) is 0 Å². The highest BCUT2D eigenvalue weighted by molar-refractivity contribution is 5.91. The van der Waals surface area contributed by atoms with Gasteiger partial charge >= 0.3 is 11.9 Å². The van der Waals surface area contributed by atoms with Crippen molar-refractivity contribution in [1.29, 1.82) is 0 Å². The van der Waals surface area contributed by atoms with Gasteiger partial charge in [-0.2, -0.15) is 0 Å². The van der Waals surface area contributed by atoms with Crippen LogP contribution >= 0.6 is 0 Å². The van der Waals surface area contributed by atoms with Crippen molar-refractivity contribution in [1.82, 2.24) is 0 Å². The summed E-state index contributed by atoms with van der Waals surface area (Å²) in [5.74, 6) is 10.7. The molecule has 0 aliphatic carbocycles. The molecule has 0 unspecified atom stereocenters. The molecule has 2 aromatic carbocycles. The third kappa shape index (κ3) is 13.6. The first-order valence-corrected chi connectivity index (χ1v) is 17.5. The maximum Gasteiger partial charge on any atom is 0.336 e. The van der Waals surface area contributed by atoms with Gasteiger partial charge in [-0.15, -0.1) is 0 Å². The summed E-state index contributed by atoms with van der Waals surface area (Å²) in [6.45, 7) is 8.59. The third-order valence-corrected chi connectivity index (χ3v) is 8.70. The smallest absolute Gasteiger partial charge is 0.336 e. The summed E-state index contributed by atoms with van der Waals surface area (Å²) < 4.78 is 0. The van der Waals surface area contributed by atoms with Crippen molar-refractivity contribution in [3.05, 3.63) is 69.8 Å². The average molecular weight is 613 g/mol. The fourth-order valence-corrected chi connectivity index (χ4v) is 5.62. The van der Waals surface area contributed by atoms with Crippen LogP contribution in [0.15, 0.2) is 36.4 Å². The van der Waals surface area contributed by atoms with Gasteiger partial charge in [0.2, 0.25) is 0 Å². The van der Waals surface area contributed by atoms with E-state index in [2.05, 4.69) is 51.4 Å². The maximum absolute atomic E-state index is 12.0. The molecule has 0 saturated carbocycles. The number of rotatable bonds is 20. The Morgan fingerprint density at radius 3 is 1.22 bits per heavy atom. The van der Waals surface area contributed by atoms with E-state index in [0.717, 1.165) is 49.7 Å². The number of carboxylic acids is 2. The van der Waals surface area contributed by atoms with Crippen LogP contribution in [0.1, 0.15) is 186 Å². The Labute approximate surface area is 273 Å². The van der Waals surface area contributed by atoms with Crippen LogP contribution in [0.4, 0.5) is 0 Å². The summed E-state index contributed by atoms with van der Waals surface area (Å²) >= 11 is 0. The van der Waals surface area contributed by atoms with Crippen LogP contribution in [0.3, 0.4) is 0 Å². The molecule has 0 heterocycles. The van der Waals surface area contributed by atoms with Crippen molar-refractivity contribution in [3.63, 3.8) is 0 Å². The van der Waals surface area contributed by atoms with Gasteiger partial charge in [0.1, 0.15) is 0 Å². The van der Waals surface area contributed by atoms with E-state index in [1.807, 2.05) is 24.3 Å². The lowest BCUT2D eigenvalue weighted by molar-refractivity contribution is 0.0685. The molecule has 2 rings (SSSR count). The Bertz CT molecular complexity index is 1230. The van der Waals surface area contributed by atoms with Crippen LogP contribution in [0, 0.1) is 23.7 Å². The fraction of sp³-hybridized carbons (Fsp3) is 0.561. The number of aromatic carboxylic acids is 2. The number of carboxylic acid groups (broad SMARTS) is 2. The van der Waals surface area contributed by atoms with Crippen LogP contribution in [0.25, 0.3) is 0 Å². The van der Waals surface area contributed by atoms with E-state index in [1.54, 1.807) is 12.1 Å². The van der Waals surface area contributed by atoms with Crippen LogP contribution < -0.4 is 0 Å². The summed E-state index contributed by atoms with van der Waals surface area (Å²) in [7, 11) is 0. The van der Waals surface area contributed by atoms with Crippen molar-refractivity contribution in [2.24, 2.45) is 0 Å². The Balaban J connectivity index is 2.13. The molecule has 45 heavy (non-hydrogen) atoms. The second-order valence-corrected chi connectivity index (χ2v) is 12.8. The molecule has 0 spiro atoms. The van der Waals surface area contributed by atoms with Crippen LogP contribution in [-0.4, -0.2) is 22.2 Å². The number of unbranched alkanes of at least 4 members (excludes halogenated alkanes) is 16. The predicted molar refractivity (Wildman–Crippen MR) is 187 cm³/mol. The van der Waals surface area contributed by atoms with E-state index in [1.165, 1.54) is 77.0 Å². The van der Waals surface area contributed by atoms with Crippen molar-refractivity contribution >= 4 is 11.9 Å². The minimum Gasteiger partial charge on any atom is -0.478 e. The first-order chi connectivity index (χ1) is 21.7. The predicted octanol–water partition coefficient (Wildman–Crippen LogP) is 11.2. The summed E-state index contributed by atoms with van der Waals surface area (Å²) in [4.78, 5) is 24.0. The lowest BCUT2D eigenvalue weighted by Gasteiger charge is -2.27. The molecule has 0 aromatic heterocycles. The van der Waals surface area contributed by atoms with Gasteiger partial charge in [0, 0.05) is 29.4 Å². The molecular formula is C41H56O4. The van der Waals surface area contributed by atoms with Crippen molar-refractivity contribution in [2.45, 2.75) is 149 Å². The number of carbonyl (C=O) groups is 2. The van der Waals surface area contributed by atoms with Gasteiger partial charge in [-0.3, -0.25) is 0 Å². The SMILES string of the molecule is CCCCCCCCCCC#Cc1cc(C(C)(C)c2ccc(C(=O)O)c(C#CCCCCCCCCCC)c2)ccc1C(=O)O. The first-order valence-electron chi connectivity index (χ1n) is 17.5. The molecule has 0 atom stereocenters. The molecule has 4 nitrogen and oxygen atoms in total. The summed E-state index contributed by atoms with van der Waals surface area (Å²) in [5.41, 5.74) is 2.75. The van der Waals surface area contributed by atoms with Crippen LogP contribution in [-0.2, 0) is 5.41 Å². The van der Waals surface area contributed by atoms with Gasteiger partial charge in [0.15, 0.2) is 0 Å². The largest absolute Gasteiger partial charge is 0.478 e. The molecule has 2 aromatic rings. The second kappa shape index (κ2) is 21.3. The van der Waals surface area contributed by atoms with E-state index in [-0.39, 0.29) is 11.1 Å². The highest BCUT2D eigenvalue weighted by Crippen LogP contribution is 2.34. The van der Waals surface area contributed by atoms with E-state index in [0.29, 0.717) is 11.1 Å². The van der Waals surface area contributed by atoms with E-state index in [9.17, 15) is 19.8 Å². The summed E-state index contributed by atoms with van der Waals surface area (Å²) in [5, 5.41) is 19.6. The lowest BCUT2D eigenvalue weighted by Crippen LogP contribution is -2.20. The summed E-state index contributed by atoms with van der Waals surface area (Å²) in [6.07, 6.45) is 21.2. The standard InChI is InChI=1S/C41H56O4/c1-5-7-9-11-13-15-17-19-21-23-25-33-31-35(27-29-37(33)39(42)43)41(3,4)36-28-30-38(40(44)45)34(32-36)26-24-22-20-18-16-14-12-10-8-6-2/h27-32H,5-22H2,1-4H3,(H,42,43)(H,44,45). The number of hydrogen-bond acceptors (Lipinski definition) is 2. The molecule has 0 amide bonds. The molecule has 244 valence electrons. The topological polar surface area (TPSA) is 74.6 Å². The molecule has 2 N–H and O–H groups in total. The average Bonchev–Trinajstić information content (AvgIpc) is 3.02. The molecular weight excluding hydrogens is 556 g/mol. The van der Waals surface area contributed by atoms with E-state index < -0.39 is 17.4 Å². The fourth-order valence-electron chi connectivity index (χ4n) is 5.62.